The lowest BCUT2D eigenvalue weighted by molar-refractivity contribution is -0.126. The maximum Gasteiger partial charge on any atom is 0.244 e. The first-order valence-corrected chi connectivity index (χ1v) is 6.94. The molecule has 1 amide bonds. The van der Waals surface area contributed by atoms with Gasteiger partial charge in [0.2, 0.25) is 5.91 Å². The smallest absolute Gasteiger partial charge is 0.244 e. The molecule has 104 valence electrons. The Hall–Kier alpha value is -1.39. The van der Waals surface area contributed by atoms with Crippen LogP contribution in [0.2, 0.25) is 0 Å². The average molecular weight is 261 g/mol. The van der Waals surface area contributed by atoms with Crippen molar-refractivity contribution in [3.8, 4) is 0 Å². The molecule has 4 nitrogen and oxygen atoms in total. The largest absolute Gasteiger partial charge is 0.354 e. The van der Waals surface area contributed by atoms with Gasteiger partial charge in [-0.1, -0.05) is 30.3 Å². The number of carbonyl (C=O) groups excluding carboxylic acids is 1. The molecule has 1 heterocycles. The summed E-state index contributed by atoms with van der Waals surface area (Å²) in [6.07, 6.45) is 2.22. The zero-order valence-corrected chi connectivity index (χ0v) is 11.5. The van der Waals surface area contributed by atoms with E-state index in [4.69, 9.17) is 5.73 Å². The summed E-state index contributed by atoms with van der Waals surface area (Å²) in [6.45, 7) is 4.62. The van der Waals surface area contributed by atoms with Gasteiger partial charge in [-0.2, -0.15) is 0 Å². The van der Waals surface area contributed by atoms with Gasteiger partial charge < -0.3 is 16.4 Å². The van der Waals surface area contributed by atoms with Gasteiger partial charge in [-0.25, -0.2) is 0 Å². The molecular weight excluding hydrogens is 238 g/mol. The Morgan fingerprint density at radius 3 is 2.84 bits per heavy atom. The first kappa shape index (κ1) is 14.0. The topological polar surface area (TPSA) is 67.2 Å². The van der Waals surface area contributed by atoms with Crippen molar-refractivity contribution in [1.29, 1.82) is 0 Å². The van der Waals surface area contributed by atoms with Crippen LogP contribution in [0.3, 0.4) is 0 Å². The molecule has 4 N–H and O–H groups in total. The van der Waals surface area contributed by atoms with Crippen molar-refractivity contribution in [3.63, 3.8) is 0 Å². The molecule has 2 unspecified atom stereocenters. The van der Waals surface area contributed by atoms with Gasteiger partial charge in [0.15, 0.2) is 0 Å². The van der Waals surface area contributed by atoms with Crippen molar-refractivity contribution in [1.82, 2.24) is 10.6 Å². The Balaban J connectivity index is 1.84. The number of nitrogens with one attached hydrogen (secondary N) is 2. The fourth-order valence-electron chi connectivity index (χ4n) is 2.45. The molecule has 19 heavy (non-hydrogen) atoms. The Bertz CT molecular complexity index is 411. The summed E-state index contributed by atoms with van der Waals surface area (Å²) < 4.78 is 0. The molecule has 0 bridgehead atoms. The van der Waals surface area contributed by atoms with E-state index in [9.17, 15) is 4.79 Å². The fraction of sp³-hybridized carbons (Fsp3) is 0.533. The van der Waals surface area contributed by atoms with Crippen molar-refractivity contribution in [2.24, 2.45) is 11.7 Å². The SMILES string of the molecule is CC(N)(C(=O)NCCC1CCNC1)c1ccccc1. The number of rotatable bonds is 5. The molecule has 1 aliphatic heterocycles. The maximum absolute atomic E-state index is 12.2. The number of nitrogens with two attached hydrogens (primary N) is 1. The number of hydrogen-bond acceptors (Lipinski definition) is 3. The molecule has 1 aromatic carbocycles. The Morgan fingerprint density at radius 1 is 1.47 bits per heavy atom. The van der Waals surface area contributed by atoms with Crippen molar-refractivity contribution in [2.75, 3.05) is 19.6 Å². The molecule has 1 aromatic rings. The second-order valence-corrected chi connectivity index (χ2v) is 5.47. The molecule has 1 aliphatic rings. The van der Waals surface area contributed by atoms with Crippen molar-refractivity contribution >= 4 is 5.91 Å². The molecule has 2 atom stereocenters. The third-order valence-corrected chi connectivity index (χ3v) is 3.85. The summed E-state index contributed by atoms with van der Waals surface area (Å²) in [6, 6.07) is 9.50. The summed E-state index contributed by atoms with van der Waals surface area (Å²) >= 11 is 0. The van der Waals surface area contributed by atoms with Crippen LogP contribution in [-0.4, -0.2) is 25.5 Å². The van der Waals surface area contributed by atoms with Crippen LogP contribution in [-0.2, 0) is 10.3 Å². The zero-order valence-electron chi connectivity index (χ0n) is 11.5. The Kier molecular flexibility index (Phi) is 4.56. The Morgan fingerprint density at radius 2 is 2.21 bits per heavy atom. The summed E-state index contributed by atoms with van der Waals surface area (Å²) in [7, 11) is 0. The molecule has 1 saturated heterocycles. The highest BCUT2D eigenvalue weighted by Gasteiger charge is 2.30. The lowest BCUT2D eigenvalue weighted by Gasteiger charge is -2.24. The third kappa shape index (κ3) is 3.55. The number of amides is 1. The van der Waals surface area contributed by atoms with E-state index in [0.717, 1.165) is 25.1 Å². The molecule has 4 heteroatoms. The van der Waals surface area contributed by atoms with Crippen LogP contribution in [0.25, 0.3) is 0 Å². The van der Waals surface area contributed by atoms with E-state index in [-0.39, 0.29) is 5.91 Å². The van der Waals surface area contributed by atoms with E-state index in [1.807, 2.05) is 30.3 Å². The molecule has 2 rings (SSSR count). The highest BCUT2D eigenvalue weighted by molar-refractivity contribution is 5.86. The quantitative estimate of drug-likeness (QED) is 0.740. The maximum atomic E-state index is 12.2. The first-order valence-electron chi connectivity index (χ1n) is 6.94. The standard InChI is InChI=1S/C15H23N3O/c1-15(16,13-5-3-2-4-6-13)14(19)18-10-8-12-7-9-17-11-12/h2-6,12,17H,7-11,16H2,1H3,(H,18,19). The number of hydrogen-bond donors (Lipinski definition) is 3. The molecule has 0 aliphatic carbocycles. The summed E-state index contributed by atoms with van der Waals surface area (Å²) in [5, 5.41) is 6.29. The zero-order chi connectivity index (χ0) is 13.7. The summed E-state index contributed by atoms with van der Waals surface area (Å²) in [5.74, 6) is 0.575. The lowest BCUT2D eigenvalue weighted by atomic mass is 9.92. The monoisotopic (exact) mass is 261 g/mol. The van der Waals surface area contributed by atoms with Crippen LogP contribution < -0.4 is 16.4 Å². The fourth-order valence-corrected chi connectivity index (χ4v) is 2.45. The van der Waals surface area contributed by atoms with Crippen LogP contribution in [0, 0.1) is 5.92 Å². The molecule has 0 radical (unpaired) electrons. The predicted octanol–water partition coefficient (Wildman–Crippen LogP) is 0.976. The van der Waals surface area contributed by atoms with Crippen LogP contribution in [0.4, 0.5) is 0 Å². The van der Waals surface area contributed by atoms with Gasteiger partial charge in [-0.15, -0.1) is 0 Å². The van der Waals surface area contributed by atoms with E-state index in [1.165, 1.54) is 6.42 Å². The second kappa shape index (κ2) is 6.17. The minimum atomic E-state index is -0.963. The number of benzene rings is 1. The summed E-state index contributed by atoms with van der Waals surface area (Å²) in [5.41, 5.74) is 6.03. The van der Waals surface area contributed by atoms with E-state index in [0.29, 0.717) is 12.5 Å². The lowest BCUT2D eigenvalue weighted by Crippen LogP contribution is -2.49. The molecule has 0 aromatic heterocycles. The number of carbonyl (C=O) groups is 1. The van der Waals surface area contributed by atoms with Gasteiger partial charge in [-0.3, -0.25) is 4.79 Å². The first-order chi connectivity index (χ1) is 9.10. The molecule has 0 spiro atoms. The minimum Gasteiger partial charge on any atom is -0.354 e. The van der Waals surface area contributed by atoms with Crippen molar-refractivity contribution < 1.29 is 4.79 Å². The van der Waals surface area contributed by atoms with Crippen LogP contribution in [0.15, 0.2) is 30.3 Å². The van der Waals surface area contributed by atoms with E-state index in [1.54, 1.807) is 6.92 Å². The van der Waals surface area contributed by atoms with E-state index >= 15 is 0 Å². The third-order valence-electron chi connectivity index (χ3n) is 3.85. The van der Waals surface area contributed by atoms with Gasteiger partial charge in [0.25, 0.3) is 0 Å². The predicted molar refractivity (Wildman–Crippen MR) is 76.6 cm³/mol. The average Bonchev–Trinajstić information content (AvgIpc) is 2.93. The van der Waals surface area contributed by atoms with E-state index < -0.39 is 5.54 Å². The van der Waals surface area contributed by atoms with Gasteiger partial charge in [0, 0.05) is 6.54 Å². The van der Waals surface area contributed by atoms with Crippen molar-refractivity contribution in [2.45, 2.75) is 25.3 Å². The van der Waals surface area contributed by atoms with Gasteiger partial charge in [0.05, 0.1) is 0 Å². The highest BCUT2D eigenvalue weighted by Crippen LogP contribution is 2.17. The Labute approximate surface area is 114 Å². The van der Waals surface area contributed by atoms with Gasteiger partial charge >= 0.3 is 0 Å². The molecule has 1 fully saturated rings. The normalized spacial score (nSPS) is 21.9. The summed E-state index contributed by atoms with van der Waals surface area (Å²) in [4.78, 5) is 12.2. The minimum absolute atomic E-state index is 0.107. The molecular formula is C15H23N3O. The van der Waals surface area contributed by atoms with Crippen molar-refractivity contribution in [3.05, 3.63) is 35.9 Å². The van der Waals surface area contributed by atoms with Crippen LogP contribution in [0.5, 0.6) is 0 Å². The van der Waals surface area contributed by atoms with Crippen LogP contribution in [0.1, 0.15) is 25.3 Å². The van der Waals surface area contributed by atoms with Gasteiger partial charge in [-0.05, 0) is 44.3 Å². The van der Waals surface area contributed by atoms with Crippen LogP contribution >= 0.6 is 0 Å². The van der Waals surface area contributed by atoms with E-state index in [2.05, 4.69) is 10.6 Å². The molecule has 0 saturated carbocycles. The van der Waals surface area contributed by atoms with Gasteiger partial charge in [0.1, 0.15) is 5.54 Å². The highest BCUT2D eigenvalue weighted by atomic mass is 16.2. The second-order valence-electron chi connectivity index (χ2n) is 5.47.